The van der Waals surface area contributed by atoms with E-state index in [2.05, 4.69) is 41.2 Å². The minimum atomic E-state index is 0.0458. The number of aromatic nitrogens is 2. The van der Waals surface area contributed by atoms with Crippen molar-refractivity contribution in [1.29, 1.82) is 0 Å². The molecule has 1 saturated heterocycles. The molecule has 0 amide bonds. The molecule has 0 aromatic carbocycles. The van der Waals surface area contributed by atoms with Crippen LogP contribution < -0.4 is 10.2 Å². The second-order valence-corrected chi connectivity index (χ2v) is 6.68. The van der Waals surface area contributed by atoms with E-state index in [1.165, 1.54) is 6.42 Å². The number of rotatable bonds is 3. The molecule has 1 aromatic rings. The maximum Gasteiger partial charge on any atom is 0.318 e. The van der Waals surface area contributed by atoms with Gasteiger partial charge in [-0.2, -0.15) is 0 Å². The Morgan fingerprint density at radius 3 is 2.95 bits per heavy atom. The number of fused-ring (bicyclic) bond motifs is 1. The summed E-state index contributed by atoms with van der Waals surface area (Å²) in [5.41, 5.74) is 0.0458. The number of nitrogens with zero attached hydrogens (tertiary/aromatic N) is 3. The first-order valence-electron chi connectivity index (χ1n) is 7.48. The molecule has 112 valence electrons. The van der Waals surface area contributed by atoms with Crippen LogP contribution in [0.5, 0.6) is 0 Å². The highest BCUT2D eigenvalue weighted by atomic mass is 16.5. The van der Waals surface area contributed by atoms with E-state index in [-0.39, 0.29) is 5.54 Å². The topological polar surface area (TPSA) is 63.4 Å². The van der Waals surface area contributed by atoms with Gasteiger partial charge in [0.05, 0.1) is 25.3 Å². The number of hydrogen-bond donors (Lipinski definition) is 1. The molecule has 2 unspecified atom stereocenters. The van der Waals surface area contributed by atoms with E-state index in [4.69, 9.17) is 9.15 Å². The van der Waals surface area contributed by atoms with Gasteiger partial charge in [0.1, 0.15) is 0 Å². The third-order valence-electron chi connectivity index (χ3n) is 3.95. The Bertz CT molecular complexity index is 454. The molecule has 1 aliphatic heterocycles. The largest absolute Gasteiger partial charge is 0.407 e. The third-order valence-corrected chi connectivity index (χ3v) is 3.95. The Morgan fingerprint density at radius 1 is 1.30 bits per heavy atom. The predicted molar refractivity (Wildman–Crippen MR) is 75.6 cm³/mol. The summed E-state index contributed by atoms with van der Waals surface area (Å²) in [5.74, 6) is 0.649. The number of ether oxygens (including phenoxy) is 1. The molecule has 1 aromatic heterocycles. The Morgan fingerprint density at radius 2 is 2.15 bits per heavy atom. The van der Waals surface area contributed by atoms with Gasteiger partial charge in [0.2, 0.25) is 5.89 Å². The molecule has 1 aliphatic carbocycles. The lowest BCUT2D eigenvalue weighted by atomic mass is 10.1. The smallest absolute Gasteiger partial charge is 0.318 e. The van der Waals surface area contributed by atoms with Crippen molar-refractivity contribution in [3.8, 4) is 0 Å². The van der Waals surface area contributed by atoms with Crippen molar-refractivity contribution in [1.82, 2.24) is 15.5 Å². The molecule has 0 bridgehead atoms. The van der Waals surface area contributed by atoms with Crippen LogP contribution >= 0.6 is 0 Å². The van der Waals surface area contributed by atoms with Gasteiger partial charge in [-0.25, -0.2) is 0 Å². The number of nitrogens with one attached hydrogen (secondary N) is 1. The Balaban J connectivity index is 1.66. The highest BCUT2D eigenvalue weighted by Gasteiger charge is 2.38. The second kappa shape index (κ2) is 5.33. The van der Waals surface area contributed by atoms with Crippen LogP contribution in [-0.4, -0.2) is 41.0 Å². The molecule has 2 atom stereocenters. The van der Waals surface area contributed by atoms with E-state index in [9.17, 15) is 0 Å². The standard InChI is InChI=1S/C14H24N4O2/c1-14(2,3)15-9-12-16-17-13(20-12)18-7-8-19-11-6-4-5-10(11)18/h10-11,15H,4-9H2,1-3H3. The van der Waals surface area contributed by atoms with Crippen LogP contribution in [0.1, 0.15) is 45.9 Å². The van der Waals surface area contributed by atoms with Gasteiger partial charge in [-0.05, 0) is 40.0 Å². The molecule has 6 heteroatoms. The molecule has 2 aliphatic rings. The summed E-state index contributed by atoms with van der Waals surface area (Å²) < 4.78 is 11.6. The second-order valence-electron chi connectivity index (χ2n) is 6.68. The van der Waals surface area contributed by atoms with Gasteiger partial charge in [0.25, 0.3) is 0 Å². The van der Waals surface area contributed by atoms with Crippen LogP contribution in [0.2, 0.25) is 0 Å². The summed E-state index contributed by atoms with van der Waals surface area (Å²) in [6.45, 7) is 8.56. The molecule has 1 saturated carbocycles. The normalized spacial score (nSPS) is 26.9. The van der Waals surface area contributed by atoms with Gasteiger partial charge in [0.15, 0.2) is 0 Å². The van der Waals surface area contributed by atoms with Crippen molar-refractivity contribution in [2.75, 3.05) is 18.1 Å². The van der Waals surface area contributed by atoms with Gasteiger partial charge < -0.3 is 19.4 Å². The summed E-state index contributed by atoms with van der Waals surface area (Å²) in [6, 6.07) is 1.06. The number of morpholine rings is 1. The van der Waals surface area contributed by atoms with E-state index in [1.807, 2.05) is 0 Å². The van der Waals surface area contributed by atoms with Crippen molar-refractivity contribution in [2.24, 2.45) is 0 Å². The Hall–Kier alpha value is -1.14. The molecule has 2 fully saturated rings. The lowest BCUT2D eigenvalue weighted by Crippen LogP contribution is -2.48. The molecule has 20 heavy (non-hydrogen) atoms. The van der Waals surface area contributed by atoms with Gasteiger partial charge in [-0.15, -0.1) is 5.10 Å². The quantitative estimate of drug-likeness (QED) is 0.909. The minimum Gasteiger partial charge on any atom is -0.407 e. The number of anilines is 1. The number of hydrogen-bond acceptors (Lipinski definition) is 6. The first kappa shape index (κ1) is 13.8. The summed E-state index contributed by atoms with van der Waals surface area (Å²) in [6.07, 6.45) is 3.86. The van der Waals surface area contributed by atoms with E-state index < -0.39 is 0 Å². The SMILES string of the molecule is CC(C)(C)NCc1nnc(N2CCOC3CCCC32)o1. The maximum atomic E-state index is 5.81. The Labute approximate surface area is 119 Å². The molecule has 0 spiro atoms. The molecular weight excluding hydrogens is 256 g/mol. The molecule has 3 rings (SSSR count). The van der Waals surface area contributed by atoms with Crippen LogP contribution in [0.25, 0.3) is 0 Å². The van der Waals surface area contributed by atoms with Crippen LogP contribution in [0.4, 0.5) is 6.01 Å². The fourth-order valence-electron chi connectivity index (χ4n) is 2.94. The zero-order valence-corrected chi connectivity index (χ0v) is 12.6. The van der Waals surface area contributed by atoms with E-state index in [0.717, 1.165) is 26.0 Å². The van der Waals surface area contributed by atoms with Crippen LogP contribution in [-0.2, 0) is 11.3 Å². The Kier molecular flexibility index (Phi) is 3.69. The maximum absolute atomic E-state index is 5.81. The average Bonchev–Trinajstić information content (AvgIpc) is 3.04. The van der Waals surface area contributed by atoms with Crippen LogP contribution in [0.15, 0.2) is 4.42 Å². The highest BCUT2D eigenvalue weighted by Crippen LogP contribution is 2.32. The first-order chi connectivity index (χ1) is 9.53. The summed E-state index contributed by atoms with van der Waals surface area (Å²) >= 11 is 0. The zero-order chi connectivity index (χ0) is 14.2. The monoisotopic (exact) mass is 280 g/mol. The van der Waals surface area contributed by atoms with Crippen LogP contribution in [0, 0.1) is 0 Å². The van der Waals surface area contributed by atoms with E-state index in [0.29, 0.717) is 30.6 Å². The van der Waals surface area contributed by atoms with Crippen molar-refractivity contribution < 1.29 is 9.15 Å². The fourth-order valence-corrected chi connectivity index (χ4v) is 2.94. The van der Waals surface area contributed by atoms with Gasteiger partial charge in [-0.3, -0.25) is 0 Å². The van der Waals surface area contributed by atoms with Crippen molar-refractivity contribution in [3.05, 3.63) is 5.89 Å². The van der Waals surface area contributed by atoms with E-state index >= 15 is 0 Å². The fraction of sp³-hybridized carbons (Fsp3) is 0.857. The third kappa shape index (κ3) is 2.96. The highest BCUT2D eigenvalue weighted by molar-refractivity contribution is 5.29. The molecule has 1 N–H and O–H groups in total. The lowest BCUT2D eigenvalue weighted by Gasteiger charge is -2.36. The zero-order valence-electron chi connectivity index (χ0n) is 12.6. The summed E-state index contributed by atoms with van der Waals surface area (Å²) in [7, 11) is 0. The van der Waals surface area contributed by atoms with Gasteiger partial charge in [-0.1, -0.05) is 5.10 Å². The summed E-state index contributed by atoms with van der Waals surface area (Å²) in [4.78, 5) is 2.23. The molecule has 6 nitrogen and oxygen atoms in total. The van der Waals surface area contributed by atoms with E-state index in [1.54, 1.807) is 0 Å². The molecular formula is C14H24N4O2. The minimum absolute atomic E-state index is 0.0458. The lowest BCUT2D eigenvalue weighted by molar-refractivity contribution is 0.0235. The molecule has 2 heterocycles. The van der Waals surface area contributed by atoms with Crippen molar-refractivity contribution in [2.45, 2.75) is 64.3 Å². The summed E-state index contributed by atoms with van der Waals surface area (Å²) in [5, 5.41) is 11.7. The average molecular weight is 280 g/mol. The first-order valence-corrected chi connectivity index (χ1v) is 7.48. The predicted octanol–water partition coefficient (Wildman–Crippen LogP) is 1.72. The van der Waals surface area contributed by atoms with Crippen molar-refractivity contribution >= 4 is 6.01 Å². The van der Waals surface area contributed by atoms with Gasteiger partial charge in [0, 0.05) is 12.1 Å². The molecule has 0 radical (unpaired) electrons. The van der Waals surface area contributed by atoms with Crippen molar-refractivity contribution in [3.63, 3.8) is 0 Å². The van der Waals surface area contributed by atoms with Crippen LogP contribution in [0.3, 0.4) is 0 Å². The van der Waals surface area contributed by atoms with Gasteiger partial charge >= 0.3 is 6.01 Å².